The minimum Gasteiger partial charge on any atom is -0.490 e. The molecule has 0 spiro atoms. The molecule has 0 saturated carbocycles. The number of rotatable bonds is 6. The van der Waals surface area contributed by atoms with Gasteiger partial charge in [0.15, 0.2) is 11.5 Å². The number of carbonyl (C=O) groups is 3. The standard InChI is InChI=1S/C22H21FN2O5/c1-4-29-19-12-14(9-10-18(19)30-13(2)3)11-15-20(26)24-22(28)25(21(15)27)17-8-6-5-7-16(17)23/h5-13H,4H2,1-3H3,(H,24,26,28)/b15-11-. The van der Waals surface area contributed by atoms with E-state index in [1.807, 2.05) is 20.8 Å². The molecule has 3 rings (SSSR count). The number of anilines is 1. The summed E-state index contributed by atoms with van der Waals surface area (Å²) in [5.41, 5.74) is -0.0668. The van der Waals surface area contributed by atoms with Crippen molar-refractivity contribution in [2.45, 2.75) is 26.9 Å². The Balaban J connectivity index is 2.00. The van der Waals surface area contributed by atoms with Crippen molar-refractivity contribution in [2.24, 2.45) is 0 Å². The van der Waals surface area contributed by atoms with Gasteiger partial charge in [-0.2, -0.15) is 0 Å². The van der Waals surface area contributed by atoms with Gasteiger partial charge in [0.2, 0.25) is 0 Å². The zero-order valence-corrected chi connectivity index (χ0v) is 16.8. The van der Waals surface area contributed by atoms with Crippen LogP contribution in [0.25, 0.3) is 6.08 Å². The lowest BCUT2D eigenvalue weighted by Gasteiger charge is -2.26. The smallest absolute Gasteiger partial charge is 0.336 e. The van der Waals surface area contributed by atoms with Gasteiger partial charge in [-0.05, 0) is 56.7 Å². The number of barbiturate groups is 1. The summed E-state index contributed by atoms with van der Waals surface area (Å²) in [5, 5.41) is 2.07. The second-order valence-electron chi connectivity index (χ2n) is 6.72. The Morgan fingerprint density at radius 1 is 1.10 bits per heavy atom. The number of hydrogen-bond donors (Lipinski definition) is 1. The molecule has 30 heavy (non-hydrogen) atoms. The number of urea groups is 1. The van der Waals surface area contributed by atoms with E-state index in [4.69, 9.17) is 9.47 Å². The maximum atomic E-state index is 14.1. The molecule has 8 heteroatoms. The SMILES string of the molecule is CCOc1cc(/C=C2/C(=O)NC(=O)N(c3ccccc3F)C2=O)ccc1OC(C)C. The number of nitrogens with zero attached hydrogens (tertiary/aromatic N) is 1. The molecule has 2 aromatic carbocycles. The van der Waals surface area contributed by atoms with Gasteiger partial charge in [-0.15, -0.1) is 0 Å². The molecule has 0 atom stereocenters. The third kappa shape index (κ3) is 4.32. The minimum absolute atomic E-state index is 0.0700. The summed E-state index contributed by atoms with van der Waals surface area (Å²) in [7, 11) is 0. The molecule has 0 bridgehead atoms. The van der Waals surface area contributed by atoms with Crippen molar-refractivity contribution in [2.75, 3.05) is 11.5 Å². The largest absolute Gasteiger partial charge is 0.490 e. The van der Waals surface area contributed by atoms with E-state index in [-0.39, 0.29) is 17.4 Å². The highest BCUT2D eigenvalue weighted by Crippen LogP contribution is 2.31. The minimum atomic E-state index is -1.01. The Bertz CT molecular complexity index is 1030. The Morgan fingerprint density at radius 3 is 2.50 bits per heavy atom. The molecule has 1 saturated heterocycles. The summed E-state index contributed by atoms with van der Waals surface area (Å²) in [6.07, 6.45) is 1.25. The Labute approximate surface area is 173 Å². The third-order valence-electron chi connectivity index (χ3n) is 4.14. The molecule has 4 amide bonds. The van der Waals surface area contributed by atoms with Gasteiger partial charge in [0, 0.05) is 0 Å². The lowest BCUT2D eigenvalue weighted by molar-refractivity contribution is -0.122. The molecule has 1 aliphatic heterocycles. The van der Waals surface area contributed by atoms with E-state index in [0.29, 0.717) is 28.6 Å². The number of halogens is 1. The number of amides is 4. The zero-order valence-electron chi connectivity index (χ0n) is 16.8. The molecular weight excluding hydrogens is 391 g/mol. The van der Waals surface area contributed by atoms with Crippen molar-refractivity contribution in [1.29, 1.82) is 0 Å². The van der Waals surface area contributed by atoms with Crippen molar-refractivity contribution in [1.82, 2.24) is 5.32 Å². The van der Waals surface area contributed by atoms with E-state index in [0.717, 1.165) is 6.07 Å². The molecule has 0 aromatic heterocycles. The van der Waals surface area contributed by atoms with Crippen LogP contribution in [0.5, 0.6) is 11.5 Å². The first-order valence-corrected chi connectivity index (χ1v) is 9.41. The molecule has 1 N–H and O–H groups in total. The number of ether oxygens (including phenoxy) is 2. The number of imide groups is 2. The first kappa shape index (κ1) is 21.0. The van der Waals surface area contributed by atoms with Gasteiger partial charge in [0.25, 0.3) is 11.8 Å². The average molecular weight is 412 g/mol. The Kier molecular flexibility index (Phi) is 6.15. The van der Waals surface area contributed by atoms with Crippen LogP contribution in [-0.2, 0) is 9.59 Å². The van der Waals surface area contributed by atoms with E-state index in [9.17, 15) is 18.8 Å². The van der Waals surface area contributed by atoms with Crippen LogP contribution in [0.3, 0.4) is 0 Å². The number of carbonyl (C=O) groups excluding carboxylic acids is 3. The van der Waals surface area contributed by atoms with Crippen LogP contribution in [0.4, 0.5) is 14.9 Å². The van der Waals surface area contributed by atoms with Crippen LogP contribution >= 0.6 is 0 Å². The number of nitrogens with one attached hydrogen (secondary N) is 1. The predicted molar refractivity (Wildman–Crippen MR) is 109 cm³/mol. The van der Waals surface area contributed by atoms with Crippen LogP contribution in [0, 0.1) is 5.82 Å². The second kappa shape index (κ2) is 8.77. The van der Waals surface area contributed by atoms with E-state index in [2.05, 4.69) is 5.32 Å². The van der Waals surface area contributed by atoms with Crippen molar-refractivity contribution >= 4 is 29.6 Å². The van der Waals surface area contributed by atoms with Gasteiger partial charge in [-0.25, -0.2) is 14.1 Å². The summed E-state index contributed by atoms with van der Waals surface area (Å²) >= 11 is 0. The maximum Gasteiger partial charge on any atom is 0.336 e. The van der Waals surface area contributed by atoms with Crippen LogP contribution in [0.1, 0.15) is 26.3 Å². The maximum absolute atomic E-state index is 14.1. The van der Waals surface area contributed by atoms with Crippen LogP contribution < -0.4 is 19.7 Å². The number of hydrogen-bond acceptors (Lipinski definition) is 5. The second-order valence-corrected chi connectivity index (χ2v) is 6.72. The van der Waals surface area contributed by atoms with Crippen LogP contribution in [0.2, 0.25) is 0 Å². The highest BCUT2D eigenvalue weighted by Gasteiger charge is 2.37. The van der Waals surface area contributed by atoms with Crippen molar-refractivity contribution < 1.29 is 28.2 Å². The molecule has 2 aromatic rings. The van der Waals surface area contributed by atoms with Gasteiger partial charge < -0.3 is 9.47 Å². The van der Waals surface area contributed by atoms with Gasteiger partial charge in [0.05, 0.1) is 18.4 Å². The van der Waals surface area contributed by atoms with E-state index < -0.39 is 23.7 Å². The van der Waals surface area contributed by atoms with Crippen molar-refractivity contribution in [3.63, 3.8) is 0 Å². The predicted octanol–water partition coefficient (Wildman–Crippen LogP) is 3.68. The molecule has 7 nitrogen and oxygen atoms in total. The van der Waals surface area contributed by atoms with Gasteiger partial charge >= 0.3 is 6.03 Å². The van der Waals surface area contributed by atoms with Gasteiger partial charge in [-0.1, -0.05) is 18.2 Å². The quantitative estimate of drug-likeness (QED) is 0.578. The molecule has 1 heterocycles. The highest BCUT2D eigenvalue weighted by molar-refractivity contribution is 6.39. The highest BCUT2D eigenvalue weighted by atomic mass is 19.1. The molecule has 1 aliphatic rings. The fraction of sp³-hybridized carbons (Fsp3) is 0.227. The van der Waals surface area contributed by atoms with Crippen LogP contribution in [-0.4, -0.2) is 30.6 Å². The van der Waals surface area contributed by atoms with E-state index in [1.54, 1.807) is 18.2 Å². The number of para-hydroxylation sites is 1. The lowest BCUT2D eigenvalue weighted by atomic mass is 10.1. The third-order valence-corrected chi connectivity index (χ3v) is 4.14. The topological polar surface area (TPSA) is 84.9 Å². The normalized spacial score (nSPS) is 15.6. The molecule has 0 aliphatic carbocycles. The van der Waals surface area contributed by atoms with Gasteiger partial charge in [-0.3, -0.25) is 14.9 Å². The molecule has 156 valence electrons. The van der Waals surface area contributed by atoms with Crippen LogP contribution in [0.15, 0.2) is 48.0 Å². The summed E-state index contributed by atoms with van der Waals surface area (Å²) in [6.45, 7) is 5.97. The summed E-state index contributed by atoms with van der Waals surface area (Å²) in [5.74, 6) is -1.57. The Morgan fingerprint density at radius 2 is 1.83 bits per heavy atom. The first-order valence-electron chi connectivity index (χ1n) is 9.41. The van der Waals surface area contributed by atoms with Crippen molar-refractivity contribution in [3.8, 4) is 11.5 Å². The first-order chi connectivity index (χ1) is 14.3. The van der Waals surface area contributed by atoms with Gasteiger partial charge in [0.1, 0.15) is 11.4 Å². The molecule has 1 fully saturated rings. The average Bonchev–Trinajstić information content (AvgIpc) is 2.68. The zero-order chi connectivity index (χ0) is 21.8. The summed E-state index contributed by atoms with van der Waals surface area (Å²) in [4.78, 5) is 38.0. The molecule has 0 unspecified atom stereocenters. The van der Waals surface area contributed by atoms with E-state index in [1.165, 1.54) is 24.3 Å². The molecular formula is C22H21FN2O5. The number of benzene rings is 2. The van der Waals surface area contributed by atoms with Crippen molar-refractivity contribution in [3.05, 3.63) is 59.4 Å². The fourth-order valence-corrected chi connectivity index (χ4v) is 2.91. The fourth-order valence-electron chi connectivity index (χ4n) is 2.91. The molecule has 0 radical (unpaired) electrons. The monoisotopic (exact) mass is 412 g/mol. The summed E-state index contributed by atoms with van der Waals surface area (Å²) in [6, 6.07) is 9.26. The summed E-state index contributed by atoms with van der Waals surface area (Å²) < 4.78 is 25.4. The lowest BCUT2D eigenvalue weighted by Crippen LogP contribution is -2.54. The van der Waals surface area contributed by atoms with E-state index >= 15 is 0 Å². The Hall–Kier alpha value is -3.68.